The summed E-state index contributed by atoms with van der Waals surface area (Å²) in [6.45, 7) is 0.623. The Morgan fingerprint density at radius 3 is 2.71 bits per heavy atom. The summed E-state index contributed by atoms with van der Waals surface area (Å²) >= 11 is 5.93. The van der Waals surface area contributed by atoms with Crippen molar-refractivity contribution in [2.24, 2.45) is 0 Å². The van der Waals surface area contributed by atoms with Crippen LogP contribution in [0.3, 0.4) is 0 Å². The first-order chi connectivity index (χ1) is 10.2. The molecule has 4 nitrogen and oxygen atoms in total. The van der Waals surface area contributed by atoms with Gasteiger partial charge in [0.1, 0.15) is 17.6 Å². The lowest BCUT2D eigenvalue weighted by atomic mass is 10.0. The van der Waals surface area contributed by atoms with Gasteiger partial charge in [0.2, 0.25) is 0 Å². The van der Waals surface area contributed by atoms with E-state index in [2.05, 4.69) is 10.3 Å². The van der Waals surface area contributed by atoms with Gasteiger partial charge in [-0.05, 0) is 36.2 Å². The third-order valence-corrected chi connectivity index (χ3v) is 3.32. The molecule has 0 fully saturated rings. The molecule has 0 saturated carbocycles. The summed E-state index contributed by atoms with van der Waals surface area (Å²) < 4.78 is 5.16. The minimum absolute atomic E-state index is 0.0451. The van der Waals surface area contributed by atoms with Crippen molar-refractivity contribution in [2.75, 3.05) is 19.0 Å². The third-order valence-electron chi connectivity index (χ3n) is 3.07. The van der Waals surface area contributed by atoms with Crippen LogP contribution in [-0.4, -0.2) is 18.7 Å². The number of rotatable bonds is 6. The number of hydrogen-bond donors (Lipinski definition) is 1. The molecule has 0 spiro atoms. The SMILES string of the molecule is COCCC(Nc1cccc(C#N)n1)c1ccc(Cl)cc1. The molecule has 21 heavy (non-hydrogen) atoms. The Bertz CT molecular complexity index is 622. The first kappa shape index (κ1) is 15.3. The molecule has 2 aromatic rings. The fourth-order valence-electron chi connectivity index (χ4n) is 2.01. The highest BCUT2D eigenvalue weighted by atomic mass is 35.5. The van der Waals surface area contributed by atoms with Crippen molar-refractivity contribution in [3.8, 4) is 6.07 Å². The highest BCUT2D eigenvalue weighted by molar-refractivity contribution is 6.30. The van der Waals surface area contributed by atoms with Crippen molar-refractivity contribution in [1.29, 1.82) is 5.26 Å². The summed E-state index contributed by atoms with van der Waals surface area (Å²) in [5.74, 6) is 0.671. The molecule has 1 heterocycles. The van der Waals surface area contributed by atoms with Gasteiger partial charge >= 0.3 is 0 Å². The summed E-state index contributed by atoms with van der Waals surface area (Å²) in [4.78, 5) is 4.24. The second kappa shape index (κ2) is 7.63. The number of hydrogen-bond acceptors (Lipinski definition) is 4. The number of nitrogens with one attached hydrogen (secondary N) is 1. The third kappa shape index (κ3) is 4.45. The zero-order valence-electron chi connectivity index (χ0n) is 11.7. The second-order valence-electron chi connectivity index (χ2n) is 4.55. The standard InChI is InChI=1S/C16H16ClN3O/c1-21-10-9-15(12-5-7-13(17)8-6-12)20-16-4-2-3-14(11-18)19-16/h2-8,15H,9-10H2,1H3,(H,19,20). The highest BCUT2D eigenvalue weighted by Crippen LogP contribution is 2.23. The summed E-state index contributed by atoms with van der Waals surface area (Å²) in [6, 6.07) is 15.1. The van der Waals surface area contributed by atoms with Gasteiger partial charge in [-0.15, -0.1) is 0 Å². The Hall–Kier alpha value is -2.09. The summed E-state index contributed by atoms with van der Waals surface area (Å²) in [5.41, 5.74) is 1.49. The van der Waals surface area contributed by atoms with Crippen LogP contribution < -0.4 is 5.32 Å². The van der Waals surface area contributed by atoms with Crippen molar-refractivity contribution in [1.82, 2.24) is 4.98 Å². The molecule has 0 aliphatic carbocycles. The maximum Gasteiger partial charge on any atom is 0.142 e. The van der Waals surface area contributed by atoms with Gasteiger partial charge in [0, 0.05) is 18.7 Å². The maximum atomic E-state index is 8.91. The van der Waals surface area contributed by atoms with E-state index in [-0.39, 0.29) is 6.04 Å². The second-order valence-corrected chi connectivity index (χ2v) is 4.99. The molecular formula is C16H16ClN3O. The average Bonchev–Trinajstić information content (AvgIpc) is 2.52. The van der Waals surface area contributed by atoms with E-state index in [4.69, 9.17) is 21.6 Å². The first-order valence-corrected chi connectivity index (χ1v) is 6.99. The van der Waals surface area contributed by atoms with E-state index >= 15 is 0 Å². The molecule has 1 unspecified atom stereocenters. The molecule has 0 radical (unpaired) electrons. The normalized spacial score (nSPS) is 11.7. The quantitative estimate of drug-likeness (QED) is 0.881. The van der Waals surface area contributed by atoms with Gasteiger partial charge in [-0.2, -0.15) is 5.26 Å². The fourth-order valence-corrected chi connectivity index (χ4v) is 2.13. The topological polar surface area (TPSA) is 57.9 Å². The number of benzene rings is 1. The Morgan fingerprint density at radius 1 is 1.29 bits per heavy atom. The average molecular weight is 302 g/mol. The molecule has 1 aromatic heterocycles. The molecule has 5 heteroatoms. The number of anilines is 1. The van der Waals surface area contributed by atoms with Crippen LogP contribution in [0.25, 0.3) is 0 Å². The van der Waals surface area contributed by atoms with Crippen LogP contribution >= 0.6 is 11.6 Å². The molecule has 0 amide bonds. The number of aromatic nitrogens is 1. The van der Waals surface area contributed by atoms with Crippen LogP contribution in [0.5, 0.6) is 0 Å². The number of nitrogens with zero attached hydrogens (tertiary/aromatic N) is 2. The molecule has 0 bridgehead atoms. The summed E-state index contributed by atoms with van der Waals surface area (Å²) in [6.07, 6.45) is 0.788. The molecule has 1 N–H and O–H groups in total. The van der Waals surface area contributed by atoms with Gasteiger partial charge < -0.3 is 10.1 Å². The zero-order valence-corrected chi connectivity index (χ0v) is 12.5. The number of nitriles is 1. The number of methoxy groups -OCH3 is 1. The lowest BCUT2D eigenvalue weighted by Crippen LogP contribution is -2.14. The maximum absolute atomic E-state index is 8.91. The Labute approximate surface area is 129 Å². The van der Waals surface area contributed by atoms with Crippen molar-refractivity contribution >= 4 is 17.4 Å². The Morgan fingerprint density at radius 2 is 2.05 bits per heavy atom. The van der Waals surface area contributed by atoms with Gasteiger partial charge in [0.25, 0.3) is 0 Å². The number of ether oxygens (including phenoxy) is 1. The van der Waals surface area contributed by atoms with E-state index in [9.17, 15) is 0 Å². The molecule has 108 valence electrons. The van der Waals surface area contributed by atoms with Crippen molar-refractivity contribution < 1.29 is 4.74 Å². The van der Waals surface area contributed by atoms with Crippen molar-refractivity contribution in [3.05, 3.63) is 58.7 Å². The van der Waals surface area contributed by atoms with Crippen LogP contribution in [-0.2, 0) is 4.74 Å². The van der Waals surface area contributed by atoms with Crippen molar-refractivity contribution in [3.63, 3.8) is 0 Å². The number of halogens is 1. The van der Waals surface area contributed by atoms with E-state index in [0.717, 1.165) is 12.0 Å². The predicted molar refractivity (Wildman–Crippen MR) is 83.3 cm³/mol. The molecule has 1 atom stereocenters. The van der Waals surface area contributed by atoms with Crippen LogP contribution in [0.4, 0.5) is 5.82 Å². The van der Waals surface area contributed by atoms with Crippen LogP contribution in [0.15, 0.2) is 42.5 Å². The van der Waals surface area contributed by atoms with E-state index in [1.807, 2.05) is 42.5 Å². The van der Waals surface area contributed by atoms with Crippen molar-refractivity contribution in [2.45, 2.75) is 12.5 Å². The lowest BCUT2D eigenvalue weighted by Gasteiger charge is -2.19. The zero-order chi connectivity index (χ0) is 15.1. The van der Waals surface area contributed by atoms with Gasteiger partial charge in [-0.3, -0.25) is 0 Å². The van der Waals surface area contributed by atoms with Crippen LogP contribution in [0, 0.1) is 11.3 Å². The van der Waals surface area contributed by atoms with Gasteiger partial charge in [-0.25, -0.2) is 4.98 Å². The smallest absolute Gasteiger partial charge is 0.142 e. The summed E-state index contributed by atoms with van der Waals surface area (Å²) in [7, 11) is 1.67. The molecule has 0 aliphatic heterocycles. The molecule has 2 rings (SSSR count). The monoisotopic (exact) mass is 301 g/mol. The van der Waals surface area contributed by atoms with Crippen LogP contribution in [0.1, 0.15) is 23.7 Å². The van der Waals surface area contributed by atoms with E-state index in [1.54, 1.807) is 13.2 Å². The Balaban J connectivity index is 2.19. The Kier molecular flexibility index (Phi) is 5.56. The molecule has 0 saturated heterocycles. The van der Waals surface area contributed by atoms with E-state index in [0.29, 0.717) is 23.1 Å². The van der Waals surface area contributed by atoms with E-state index < -0.39 is 0 Å². The fraction of sp³-hybridized carbons (Fsp3) is 0.250. The minimum Gasteiger partial charge on any atom is -0.385 e. The number of pyridine rings is 1. The van der Waals surface area contributed by atoms with Gasteiger partial charge in [0.05, 0.1) is 6.04 Å². The lowest BCUT2D eigenvalue weighted by molar-refractivity contribution is 0.190. The first-order valence-electron chi connectivity index (χ1n) is 6.61. The largest absolute Gasteiger partial charge is 0.385 e. The van der Waals surface area contributed by atoms with E-state index in [1.165, 1.54) is 0 Å². The highest BCUT2D eigenvalue weighted by Gasteiger charge is 2.12. The predicted octanol–water partition coefficient (Wildman–Crippen LogP) is 3.80. The van der Waals surface area contributed by atoms with Gasteiger partial charge in [0.15, 0.2) is 0 Å². The molecule has 1 aromatic carbocycles. The van der Waals surface area contributed by atoms with Gasteiger partial charge in [-0.1, -0.05) is 29.8 Å². The molecule has 0 aliphatic rings. The minimum atomic E-state index is 0.0451. The van der Waals surface area contributed by atoms with Crippen LogP contribution in [0.2, 0.25) is 5.02 Å². The summed E-state index contributed by atoms with van der Waals surface area (Å²) in [5, 5.41) is 13.0. The molecular weight excluding hydrogens is 286 g/mol.